The summed E-state index contributed by atoms with van der Waals surface area (Å²) in [5.41, 5.74) is 2.47. The molecule has 0 unspecified atom stereocenters. The number of aromatic nitrogens is 2. The van der Waals surface area contributed by atoms with Crippen molar-refractivity contribution in [2.24, 2.45) is 0 Å². The van der Waals surface area contributed by atoms with Crippen molar-refractivity contribution >= 4 is 16.6 Å². The van der Waals surface area contributed by atoms with Crippen LogP contribution in [0, 0.1) is 11.3 Å². The van der Waals surface area contributed by atoms with Crippen molar-refractivity contribution in [2.75, 3.05) is 24.5 Å². The zero-order valence-corrected chi connectivity index (χ0v) is 14.1. The summed E-state index contributed by atoms with van der Waals surface area (Å²) in [4.78, 5) is 2.33. The van der Waals surface area contributed by atoms with Crippen LogP contribution in [0.25, 0.3) is 22.0 Å². The fourth-order valence-corrected chi connectivity index (χ4v) is 3.37. The molecule has 0 amide bonds. The minimum absolute atomic E-state index is 0.382. The van der Waals surface area contributed by atoms with E-state index in [9.17, 15) is 0 Å². The van der Waals surface area contributed by atoms with Gasteiger partial charge in [0.05, 0.1) is 11.6 Å². The highest BCUT2D eigenvalue weighted by atomic mass is 15.3. The molecule has 0 saturated carbocycles. The Morgan fingerprint density at radius 3 is 2.56 bits per heavy atom. The van der Waals surface area contributed by atoms with E-state index in [2.05, 4.69) is 45.5 Å². The van der Waals surface area contributed by atoms with Gasteiger partial charge in [-0.1, -0.05) is 36.4 Å². The fraction of sp³-hybridized carbons (Fsp3) is 0.250. The number of benzene rings is 2. The average Bonchev–Trinajstić information content (AvgIpc) is 2.68. The maximum atomic E-state index is 8.99. The third-order valence-corrected chi connectivity index (χ3v) is 4.73. The zero-order chi connectivity index (χ0) is 17.2. The second-order valence-electron chi connectivity index (χ2n) is 6.35. The van der Waals surface area contributed by atoms with Crippen LogP contribution in [0.2, 0.25) is 0 Å². The van der Waals surface area contributed by atoms with E-state index in [1.807, 2.05) is 36.4 Å². The summed E-state index contributed by atoms with van der Waals surface area (Å²) < 4.78 is 0. The maximum Gasteiger partial charge on any atom is 0.159 e. The largest absolute Gasteiger partial charge is 0.349 e. The summed E-state index contributed by atoms with van der Waals surface area (Å²) >= 11 is 0. The summed E-state index contributed by atoms with van der Waals surface area (Å²) in [6.07, 6.45) is 0. The average molecular weight is 329 g/mol. The number of hydrogen-bond donors (Lipinski definition) is 1. The van der Waals surface area contributed by atoms with Crippen molar-refractivity contribution in [3.05, 3.63) is 54.1 Å². The number of fused-ring (bicyclic) bond motifs is 1. The lowest BCUT2D eigenvalue weighted by Crippen LogP contribution is -2.50. The van der Waals surface area contributed by atoms with Crippen molar-refractivity contribution in [1.82, 2.24) is 15.5 Å². The number of nitriles is 1. The van der Waals surface area contributed by atoms with E-state index in [1.54, 1.807) is 0 Å². The number of nitrogens with one attached hydrogen (secondary N) is 1. The molecule has 124 valence electrons. The highest BCUT2D eigenvalue weighted by molar-refractivity contribution is 6.00. The Labute approximate surface area is 146 Å². The minimum atomic E-state index is 0.382. The van der Waals surface area contributed by atoms with E-state index in [0.717, 1.165) is 47.5 Å². The Hall–Kier alpha value is -2.97. The molecule has 0 aliphatic carbocycles. The van der Waals surface area contributed by atoms with E-state index in [0.29, 0.717) is 11.6 Å². The lowest BCUT2D eigenvalue weighted by molar-refractivity contribution is 0.497. The van der Waals surface area contributed by atoms with Gasteiger partial charge in [-0.3, -0.25) is 0 Å². The van der Waals surface area contributed by atoms with Gasteiger partial charge in [0.1, 0.15) is 5.69 Å². The zero-order valence-electron chi connectivity index (χ0n) is 14.1. The summed E-state index contributed by atoms with van der Waals surface area (Å²) in [5, 5.41) is 23.7. The van der Waals surface area contributed by atoms with E-state index < -0.39 is 0 Å². The monoisotopic (exact) mass is 329 g/mol. The molecule has 5 nitrogen and oxygen atoms in total. The molecule has 2 aromatic carbocycles. The predicted molar refractivity (Wildman–Crippen MR) is 99.4 cm³/mol. The molecule has 1 aliphatic rings. The van der Waals surface area contributed by atoms with Gasteiger partial charge >= 0.3 is 0 Å². The lowest BCUT2D eigenvalue weighted by atomic mass is 10.0. The van der Waals surface area contributed by atoms with Crippen molar-refractivity contribution in [3.63, 3.8) is 0 Å². The molecular formula is C20H19N5. The molecule has 1 saturated heterocycles. The molecule has 1 aliphatic heterocycles. The Balaban J connectivity index is 1.85. The Morgan fingerprint density at radius 1 is 1.08 bits per heavy atom. The predicted octanol–water partition coefficient (Wildman–Crippen LogP) is 2.97. The molecule has 5 heteroatoms. The van der Waals surface area contributed by atoms with Gasteiger partial charge in [0.25, 0.3) is 0 Å². The van der Waals surface area contributed by atoms with Crippen molar-refractivity contribution in [1.29, 1.82) is 5.26 Å². The van der Waals surface area contributed by atoms with E-state index >= 15 is 0 Å². The molecule has 1 aromatic heterocycles. The molecule has 0 spiro atoms. The Bertz CT molecular complexity index is 942. The van der Waals surface area contributed by atoms with Crippen LogP contribution in [0.15, 0.2) is 48.5 Å². The molecule has 0 bridgehead atoms. The molecule has 4 rings (SSSR count). The van der Waals surface area contributed by atoms with Crippen LogP contribution in [0.4, 0.5) is 5.82 Å². The third-order valence-electron chi connectivity index (χ3n) is 4.73. The smallest absolute Gasteiger partial charge is 0.159 e. The topological polar surface area (TPSA) is 64.8 Å². The lowest BCUT2D eigenvalue weighted by Gasteiger charge is -2.35. The molecule has 3 aromatic rings. The van der Waals surface area contributed by atoms with Crippen LogP contribution in [0.1, 0.15) is 12.5 Å². The molecule has 25 heavy (non-hydrogen) atoms. The quantitative estimate of drug-likeness (QED) is 0.783. The number of anilines is 1. The third kappa shape index (κ3) is 2.81. The maximum absolute atomic E-state index is 8.99. The van der Waals surface area contributed by atoms with Crippen molar-refractivity contribution in [3.8, 4) is 17.3 Å². The van der Waals surface area contributed by atoms with Crippen LogP contribution in [-0.4, -0.2) is 35.9 Å². The van der Waals surface area contributed by atoms with Gasteiger partial charge in [0, 0.05) is 42.0 Å². The first-order chi connectivity index (χ1) is 12.3. The highest BCUT2D eigenvalue weighted by Crippen LogP contribution is 2.32. The molecule has 0 radical (unpaired) electrons. The van der Waals surface area contributed by atoms with Crippen molar-refractivity contribution < 1.29 is 0 Å². The van der Waals surface area contributed by atoms with Crippen LogP contribution < -0.4 is 10.2 Å². The van der Waals surface area contributed by atoms with Gasteiger partial charge in [-0.25, -0.2) is 0 Å². The Kier molecular flexibility index (Phi) is 4.04. The fourth-order valence-electron chi connectivity index (χ4n) is 3.37. The number of hydrogen-bond acceptors (Lipinski definition) is 5. The molecule has 2 heterocycles. The first kappa shape index (κ1) is 15.6. The molecule has 1 N–H and O–H groups in total. The second kappa shape index (κ2) is 6.50. The first-order valence-corrected chi connectivity index (χ1v) is 8.51. The van der Waals surface area contributed by atoms with Gasteiger partial charge in [-0.15, -0.1) is 10.2 Å². The second-order valence-corrected chi connectivity index (χ2v) is 6.35. The molecule has 1 fully saturated rings. The standard InChI is InChI=1S/C20H19N5/c1-14-13-22-10-11-25(14)20-18-5-3-2-4-17(18)19(23-24-20)16-8-6-15(12-21)7-9-16/h2-9,14,22H,10-11,13H2,1H3/t14-/m0/s1. The summed E-state index contributed by atoms with van der Waals surface area (Å²) in [6.45, 7) is 5.04. The number of piperazine rings is 1. The van der Waals surface area contributed by atoms with Crippen LogP contribution >= 0.6 is 0 Å². The van der Waals surface area contributed by atoms with E-state index in [4.69, 9.17) is 5.26 Å². The van der Waals surface area contributed by atoms with Crippen LogP contribution in [0.3, 0.4) is 0 Å². The van der Waals surface area contributed by atoms with Gasteiger partial charge < -0.3 is 10.2 Å². The van der Waals surface area contributed by atoms with Crippen molar-refractivity contribution in [2.45, 2.75) is 13.0 Å². The summed E-state index contributed by atoms with van der Waals surface area (Å²) in [6, 6.07) is 18.3. The summed E-state index contributed by atoms with van der Waals surface area (Å²) in [7, 11) is 0. The minimum Gasteiger partial charge on any atom is -0.349 e. The normalized spacial score (nSPS) is 17.4. The highest BCUT2D eigenvalue weighted by Gasteiger charge is 2.22. The number of nitrogens with zero attached hydrogens (tertiary/aromatic N) is 4. The van der Waals surface area contributed by atoms with E-state index in [-0.39, 0.29) is 0 Å². The van der Waals surface area contributed by atoms with Crippen LogP contribution in [-0.2, 0) is 0 Å². The molecule has 1 atom stereocenters. The number of rotatable bonds is 2. The van der Waals surface area contributed by atoms with Gasteiger partial charge in [0.2, 0.25) is 0 Å². The van der Waals surface area contributed by atoms with Gasteiger partial charge in [-0.05, 0) is 19.1 Å². The first-order valence-electron chi connectivity index (χ1n) is 8.51. The van der Waals surface area contributed by atoms with Gasteiger partial charge in [0.15, 0.2) is 5.82 Å². The summed E-state index contributed by atoms with van der Waals surface area (Å²) in [5.74, 6) is 0.946. The van der Waals surface area contributed by atoms with Crippen LogP contribution in [0.5, 0.6) is 0 Å². The SMILES string of the molecule is C[C@H]1CNCCN1c1nnc(-c2ccc(C#N)cc2)c2ccccc12. The van der Waals surface area contributed by atoms with E-state index in [1.165, 1.54) is 0 Å². The van der Waals surface area contributed by atoms with Gasteiger partial charge in [-0.2, -0.15) is 5.26 Å². The Morgan fingerprint density at radius 2 is 1.84 bits per heavy atom. The molecular weight excluding hydrogens is 310 g/mol.